The Morgan fingerprint density at radius 3 is 2.66 bits per heavy atom. The zero-order valence-electron chi connectivity index (χ0n) is 21.4. The predicted octanol–water partition coefficient (Wildman–Crippen LogP) is 3.50. The zero-order chi connectivity index (χ0) is 27.4. The maximum Gasteiger partial charge on any atom is 0.338 e. The van der Waals surface area contributed by atoms with Crippen LogP contribution in [0.5, 0.6) is 11.5 Å². The molecule has 1 aliphatic heterocycles. The highest BCUT2D eigenvalue weighted by Crippen LogP contribution is 2.36. The molecule has 198 valence electrons. The van der Waals surface area contributed by atoms with Crippen molar-refractivity contribution in [1.82, 2.24) is 4.57 Å². The van der Waals surface area contributed by atoms with Gasteiger partial charge in [0.25, 0.3) is 11.2 Å². The standard InChI is InChI=1S/C27H27N3O7S/c1-5-6-13-37-20-12-11-18(14-21(20)35-3)24-23(26(32)36-4)16(2)28-27-29(24)25(31)22(38-27)15-17-9-7-8-10-19(17)30(33)34/h7-12,14-15,24H,5-6,13H2,1-4H3/b22-15-. The molecule has 1 atom stereocenters. The average Bonchev–Trinajstić information content (AvgIpc) is 3.21. The van der Waals surface area contributed by atoms with E-state index in [1.54, 1.807) is 43.3 Å². The van der Waals surface area contributed by atoms with Crippen LogP contribution in [0, 0.1) is 10.1 Å². The molecule has 0 amide bonds. The van der Waals surface area contributed by atoms with E-state index in [9.17, 15) is 19.7 Å². The Morgan fingerprint density at radius 2 is 1.97 bits per heavy atom. The number of carbonyl (C=O) groups is 1. The van der Waals surface area contributed by atoms with Gasteiger partial charge in [0.2, 0.25) is 0 Å². The number of allylic oxidation sites excluding steroid dienone is 1. The maximum atomic E-state index is 13.7. The Morgan fingerprint density at radius 1 is 1.21 bits per heavy atom. The van der Waals surface area contributed by atoms with Gasteiger partial charge >= 0.3 is 5.97 Å². The molecule has 2 heterocycles. The van der Waals surface area contributed by atoms with Crippen molar-refractivity contribution >= 4 is 29.1 Å². The molecule has 1 unspecified atom stereocenters. The van der Waals surface area contributed by atoms with E-state index >= 15 is 0 Å². The van der Waals surface area contributed by atoms with Gasteiger partial charge in [-0.05, 0) is 43.2 Å². The van der Waals surface area contributed by atoms with Gasteiger partial charge in [0.1, 0.15) is 0 Å². The van der Waals surface area contributed by atoms with Crippen molar-refractivity contribution in [2.75, 3.05) is 20.8 Å². The van der Waals surface area contributed by atoms with Crippen molar-refractivity contribution in [2.45, 2.75) is 32.7 Å². The van der Waals surface area contributed by atoms with E-state index in [-0.39, 0.29) is 15.8 Å². The number of nitrogens with zero attached hydrogens (tertiary/aromatic N) is 3. The van der Waals surface area contributed by atoms with Crippen LogP contribution in [0.25, 0.3) is 6.08 Å². The number of esters is 1. The lowest BCUT2D eigenvalue weighted by atomic mass is 9.95. The first kappa shape index (κ1) is 26.8. The number of benzene rings is 2. The molecule has 3 aromatic rings. The molecular formula is C27H27N3O7S. The molecule has 0 saturated heterocycles. The molecule has 10 nitrogen and oxygen atoms in total. The van der Waals surface area contributed by atoms with Crippen molar-refractivity contribution in [3.8, 4) is 11.5 Å². The second-order valence-corrected chi connectivity index (χ2v) is 9.51. The van der Waals surface area contributed by atoms with Gasteiger partial charge < -0.3 is 14.2 Å². The van der Waals surface area contributed by atoms with E-state index in [0.717, 1.165) is 24.2 Å². The van der Waals surface area contributed by atoms with Crippen molar-refractivity contribution in [2.24, 2.45) is 4.99 Å². The monoisotopic (exact) mass is 537 g/mol. The van der Waals surface area contributed by atoms with Crippen LogP contribution in [-0.4, -0.2) is 36.3 Å². The number of nitro benzene ring substituents is 1. The SMILES string of the molecule is CCCCOc1ccc(C2C(C(=O)OC)=C(C)N=c3s/c(=C\c4ccccc4[N+](=O)[O-])c(=O)n32)cc1OC. The fourth-order valence-electron chi connectivity index (χ4n) is 4.23. The minimum atomic E-state index is -0.856. The third-order valence-electron chi connectivity index (χ3n) is 6.11. The molecule has 0 fully saturated rings. The minimum Gasteiger partial charge on any atom is -0.493 e. The number of ether oxygens (including phenoxy) is 3. The summed E-state index contributed by atoms with van der Waals surface area (Å²) >= 11 is 1.09. The molecule has 11 heteroatoms. The highest BCUT2D eigenvalue weighted by molar-refractivity contribution is 7.07. The highest BCUT2D eigenvalue weighted by atomic mass is 32.1. The molecular weight excluding hydrogens is 510 g/mol. The topological polar surface area (TPSA) is 122 Å². The summed E-state index contributed by atoms with van der Waals surface area (Å²) in [5.74, 6) is 0.389. The van der Waals surface area contributed by atoms with Gasteiger partial charge in [-0.15, -0.1) is 0 Å². The molecule has 0 N–H and O–H groups in total. The van der Waals surface area contributed by atoms with Gasteiger partial charge in [-0.1, -0.05) is 42.9 Å². The number of fused-ring (bicyclic) bond motifs is 1. The van der Waals surface area contributed by atoms with Crippen LogP contribution in [0.2, 0.25) is 0 Å². The zero-order valence-corrected chi connectivity index (χ0v) is 22.2. The molecule has 0 bridgehead atoms. The van der Waals surface area contributed by atoms with Crippen molar-refractivity contribution in [1.29, 1.82) is 0 Å². The first-order valence-corrected chi connectivity index (χ1v) is 12.8. The molecule has 38 heavy (non-hydrogen) atoms. The van der Waals surface area contributed by atoms with Crippen molar-refractivity contribution in [3.05, 3.63) is 94.7 Å². The quantitative estimate of drug-likeness (QED) is 0.177. The van der Waals surface area contributed by atoms with Crippen LogP contribution < -0.4 is 24.4 Å². The van der Waals surface area contributed by atoms with Crippen LogP contribution in [0.3, 0.4) is 0 Å². The molecule has 0 spiro atoms. The van der Waals surface area contributed by atoms with Crippen LogP contribution >= 0.6 is 11.3 Å². The van der Waals surface area contributed by atoms with E-state index in [0.29, 0.717) is 39.7 Å². The summed E-state index contributed by atoms with van der Waals surface area (Å²) < 4.78 is 18.1. The number of hydrogen-bond acceptors (Lipinski definition) is 9. The van der Waals surface area contributed by atoms with Gasteiger partial charge in [0.05, 0.1) is 53.2 Å². The smallest absolute Gasteiger partial charge is 0.338 e. The minimum absolute atomic E-state index is 0.121. The average molecular weight is 538 g/mol. The molecule has 1 aliphatic rings. The molecule has 0 saturated carbocycles. The number of carbonyl (C=O) groups excluding carboxylic acids is 1. The number of hydrogen-bond donors (Lipinski definition) is 0. The lowest BCUT2D eigenvalue weighted by molar-refractivity contribution is -0.385. The molecule has 0 radical (unpaired) electrons. The Hall–Kier alpha value is -4.25. The highest BCUT2D eigenvalue weighted by Gasteiger charge is 2.33. The maximum absolute atomic E-state index is 13.7. The number of aromatic nitrogens is 1. The van der Waals surface area contributed by atoms with E-state index in [2.05, 4.69) is 11.9 Å². The summed E-state index contributed by atoms with van der Waals surface area (Å²) in [5, 5.41) is 11.5. The summed E-state index contributed by atoms with van der Waals surface area (Å²) in [5.41, 5.74) is 0.940. The molecule has 0 aliphatic carbocycles. The van der Waals surface area contributed by atoms with Crippen molar-refractivity contribution < 1.29 is 23.9 Å². The number of thiazole rings is 1. The van der Waals surface area contributed by atoms with Crippen molar-refractivity contribution in [3.63, 3.8) is 0 Å². The predicted molar refractivity (Wildman–Crippen MR) is 142 cm³/mol. The van der Waals surface area contributed by atoms with Gasteiger partial charge in [-0.25, -0.2) is 9.79 Å². The number of methoxy groups -OCH3 is 2. The molecule has 4 rings (SSSR count). The summed E-state index contributed by atoms with van der Waals surface area (Å²) in [4.78, 5) is 42.5. The van der Waals surface area contributed by atoms with Crippen LogP contribution in [0.4, 0.5) is 5.69 Å². The summed E-state index contributed by atoms with van der Waals surface area (Å²) in [6.45, 7) is 4.27. The Bertz CT molecular complexity index is 1600. The Kier molecular flexibility index (Phi) is 8.06. The van der Waals surface area contributed by atoms with E-state index < -0.39 is 22.5 Å². The van der Waals surface area contributed by atoms with E-state index in [4.69, 9.17) is 14.2 Å². The number of nitro groups is 1. The second-order valence-electron chi connectivity index (χ2n) is 8.50. The summed E-state index contributed by atoms with van der Waals surface area (Å²) in [7, 11) is 2.79. The molecule has 2 aromatic carbocycles. The second kappa shape index (κ2) is 11.4. The first-order valence-electron chi connectivity index (χ1n) is 12.0. The van der Waals surface area contributed by atoms with Gasteiger partial charge in [-0.3, -0.25) is 19.5 Å². The fraction of sp³-hybridized carbons (Fsp3) is 0.296. The summed E-state index contributed by atoms with van der Waals surface area (Å²) in [6, 6.07) is 10.6. The number of rotatable bonds is 9. The third kappa shape index (κ3) is 5.10. The Labute approximate surface area is 222 Å². The van der Waals surface area contributed by atoms with E-state index in [1.165, 1.54) is 30.9 Å². The lowest BCUT2D eigenvalue weighted by Gasteiger charge is -2.25. The lowest BCUT2D eigenvalue weighted by Crippen LogP contribution is -2.39. The fourth-order valence-corrected chi connectivity index (χ4v) is 5.26. The largest absolute Gasteiger partial charge is 0.493 e. The van der Waals surface area contributed by atoms with Gasteiger partial charge in [0, 0.05) is 6.07 Å². The van der Waals surface area contributed by atoms with Gasteiger partial charge in [-0.2, -0.15) is 0 Å². The number of para-hydroxylation sites is 1. The number of unbranched alkanes of at least 4 members (excludes halogenated alkanes) is 1. The first-order chi connectivity index (χ1) is 18.3. The Balaban J connectivity index is 1.92. The molecule has 1 aromatic heterocycles. The third-order valence-corrected chi connectivity index (χ3v) is 7.09. The van der Waals surface area contributed by atoms with Crippen LogP contribution in [-0.2, 0) is 9.53 Å². The summed E-state index contributed by atoms with van der Waals surface area (Å²) in [6.07, 6.45) is 3.34. The van der Waals surface area contributed by atoms with Gasteiger partial charge in [0.15, 0.2) is 16.3 Å². The van der Waals surface area contributed by atoms with E-state index in [1.807, 2.05) is 0 Å². The van der Waals surface area contributed by atoms with Crippen LogP contribution in [0.15, 0.2) is 63.5 Å². The van der Waals surface area contributed by atoms with Crippen LogP contribution in [0.1, 0.15) is 43.9 Å². The normalized spacial score (nSPS) is 15.1.